The molecule has 0 radical (unpaired) electrons. The number of guanidine groups is 1. The fourth-order valence-corrected chi connectivity index (χ4v) is 4.74. The summed E-state index contributed by atoms with van der Waals surface area (Å²) in [5.41, 5.74) is 28.0. The molecule has 0 aliphatic rings. The standard InChI is InChI=1S/C31H51N11O8S/c1-17(25(44)41-23(15-24(34)43)29(48)40-21(30(49)50)10-5-6-12-32)38-27(46)20(11-7-13-37-31(35)36)39-28(47)22(42-26(45)19(33)16-51)14-18-8-3-2-4-9-18/h2-4,8-9,17,19-23,51H,5-7,10-16,32-33H2,1H3,(H2,34,43)(H,38,46)(H,39,47)(H,40,48)(H,41,44)(H,42,45)(H,49,50)(H4,35,36,37)/t17-,19-,20-,21-,22-,23-/m0/s1. The normalized spacial score (nSPS) is 14.3. The van der Waals surface area contributed by atoms with Gasteiger partial charge >= 0.3 is 5.97 Å². The second-order valence-electron chi connectivity index (χ2n) is 11.7. The number of amides is 6. The van der Waals surface area contributed by atoms with E-state index in [1.165, 1.54) is 6.92 Å². The highest BCUT2D eigenvalue weighted by Crippen LogP contribution is 2.08. The van der Waals surface area contributed by atoms with E-state index >= 15 is 0 Å². The maximum atomic E-state index is 13.6. The highest BCUT2D eigenvalue weighted by molar-refractivity contribution is 7.80. The summed E-state index contributed by atoms with van der Waals surface area (Å²) in [5, 5.41) is 21.8. The number of hydrogen-bond acceptors (Lipinski definition) is 11. The van der Waals surface area contributed by atoms with E-state index in [0.717, 1.165) is 0 Å². The van der Waals surface area contributed by atoms with Gasteiger partial charge in [-0.25, -0.2) is 4.79 Å². The molecule has 51 heavy (non-hydrogen) atoms. The third-order valence-electron chi connectivity index (χ3n) is 7.38. The largest absolute Gasteiger partial charge is 0.480 e. The molecule has 16 N–H and O–H groups in total. The minimum Gasteiger partial charge on any atom is -0.480 e. The Bertz CT molecular complexity index is 1360. The number of aliphatic imine (C=N–C) groups is 1. The molecule has 0 bridgehead atoms. The lowest BCUT2D eigenvalue weighted by atomic mass is 10.0. The van der Waals surface area contributed by atoms with Gasteiger partial charge in [-0.2, -0.15) is 12.6 Å². The maximum Gasteiger partial charge on any atom is 0.326 e. The molecular weight excluding hydrogens is 686 g/mol. The number of aliphatic carboxylic acids is 1. The number of unbranched alkanes of at least 4 members (excludes halogenated alkanes) is 1. The number of nitrogens with one attached hydrogen (secondary N) is 5. The van der Waals surface area contributed by atoms with Crippen LogP contribution in [0.5, 0.6) is 0 Å². The molecule has 0 heterocycles. The Morgan fingerprint density at radius 2 is 1.29 bits per heavy atom. The van der Waals surface area contributed by atoms with Crippen LogP contribution in [0.15, 0.2) is 35.3 Å². The van der Waals surface area contributed by atoms with Crippen LogP contribution in [-0.4, -0.2) is 108 Å². The lowest BCUT2D eigenvalue weighted by molar-refractivity contribution is -0.142. The number of benzene rings is 1. The van der Waals surface area contributed by atoms with Gasteiger partial charge in [0.15, 0.2) is 5.96 Å². The van der Waals surface area contributed by atoms with Crippen molar-refractivity contribution in [2.45, 2.75) is 88.1 Å². The average molecular weight is 738 g/mol. The zero-order valence-electron chi connectivity index (χ0n) is 28.5. The number of nitrogens with zero attached hydrogens (tertiary/aromatic N) is 1. The van der Waals surface area contributed by atoms with Crippen LogP contribution in [0.4, 0.5) is 0 Å². The van der Waals surface area contributed by atoms with Crippen molar-refractivity contribution in [3.05, 3.63) is 35.9 Å². The summed E-state index contributed by atoms with van der Waals surface area (Å²) in [4.78, 5) is 93.0. The van der Waals surface area contributed by atoms with Crippen molar-refractivity contribution >= 4 is 60.0 Å². The van der Waals surface area contributed by atoms with E-state index in [9.17, 15) is 38.7 Å². The molecule has 20 heteroatoms. The number of hydrogen-bond donors (Lipinski definition) is 12. The highest BCUT2D eigenvalue weighted by atomic mass is 32.1. The summed E-state index contributed by atoms with van der Waals surface area (Å²) in [6, 6.07) is 1.15. The third kappa shape index (κ3) is 17.5. The van der Waals surface area contributed by atoms with E-state index in [0.29, 0.717) is 24.9 Å². The monoisotopic (exact) mass is 737 g/mol. The van der Waals surface area contributed by atoms with Crippen molar-refractivity contribution in [2.75, 3.05) is 18.8 Å². The predicted molar refractivity (Wildman–Crippen MR) is 192 cm³/mol. The quantitative estimate of drug-likeness (QED) is 0.0210. The average Bonchev–Trinajstić information content (AvgIpc) is 3.07. The molecule has 0 aromatic heterocycles. The molecule has 19 nitrogen and oxygen atoms in total. The van der Waals surface area contributed by atoms with Crippen LogP contribution < -0.4 is 55.3 Å². The van der Waals surface area contributed by atoms with Gasteiger partial charge in [-0.1, -0.05) is 30.3 Å². The molecule has 6 atom stereocenters. The molecular formula is C31H51N11O8S. The van der Waals surface area contributed by atoms with Crippen LogP contribution in [0.2, 0.25) is 0 Å². The summed E-state index contributed by atoms with van der Waals surface area (Å²) in [7, 11) is 0. The van der Waals surface area contributed by atoms with Gasteiger partial charge in [0.1, 0.15) is 30.2 Å². The molecule has 0 saturated heterocycles. The van der Waals surface area contributed by atoms with Gasteiger partial charge in [0.05, 0.1) is 12.5 Å². The number of carboxylic acid groups (broad SMARTS) is 1. The first kappa shape index (κ1) is 44.1. The van der Waals surface area contributed by atoms with Gasteiger partial charge in [-0.15, -0.1) is 0 Å². The van der Waals surface area contributed by atoms with Crippen molar-refractivity contribution in [3.63, 3.8) is 0 Å². The summed E-state index contributed by atoms with van der Waals surface area (Å²) >= 11 is 4.03. The molecule has 1 aromatic rings. The first-order valence-electron chi connectivity index (χ1n) is 16.3. The van der Waals surface area contributed by atoms with Crippen molar-refractivity contribution in [2.24, 2.45) is 33.7 Å². The number of nitrogens with two attached hydrogens (primary N) is 5. The first-order chi connectivity index (χ1) is 24.1. The van der Waals surface area contributed by atoms with Gasteiger partial charge in [0.2, 0.25) is 35.4 Å². The van der Waals surface area contributed by atoms with Crippen LogP contribution >= 0.6 is 12.6 Å². The molecule has 0 fully saturated rings. The Balaban J connectivity index is 3.16. The van der Waals surface area contributed by atoms with Crippen LogP contribution in [0.1, 0.15) is 51.0 Å². The molecule has 6 amide bonds. The smallest absolute Gasteiger partial charge is 0.326 e. The molecule has 284 valence electrons. The Morgan fingerprint density at radius 1 is 0.745 bits per heavy atom. The van der Waals surface area contributed by atoms with Gasteiger partial charge in [0.25, 0.3) is 0 Å². The van der Waals surface area contributed by atoms with Crippen LogP contribution in [0.25, 0.3) is 0 Å². The van der Waals surface area contributed by atoms with Crippen molar-refractivity contribution in [3.8, 4) is 0 Å². The topological polar surface area (TPSA) is 342 Å². The number of carbonyl (C=O) groups is 7. The van der Waals surface area contributed by atoms with E-state index < -0.39 is 84.1 Å². The Hall–Kier alpha value is -4.95. The molecule has 0 aliphatic heterocycles. The number of thiol groups is 1. The molecule has 0 spiro atoms. The van der Waals surface area contributed by atoms with E-state index in [2.05, 4.69) is 44.2 Å². The third-order valence-corrected chi connectivity index (χ3v) is 7.77. The lowest BCUT2D eigenvalue weighted by Gasteiger charge is -2.26. The summed E-state index contributed by atoms with van der Waals surface area (Å²) in [6.07, 6.45) is 0.569. The summed E-state index contributed by atoms with van der Waals surface area (Å²) < 4.78 is 0. The van der Waals surface area contributed by atoms with Crippen molar-refractivity contribution < 1.29 is 38.7 Å². The van der Waals surface area contributed by atoms with E-state index in [-0.39, 0.29) is 43.9 Å². The van der Waals surface area contributed by atoms with E-state index in [4.69, 9.17) is 28.7 Å². The van der Waals surface area contributed by atoms with Crippen LogP contribution in [0.3, 0.4) is 0 Å². The van der Waals surface area contributed by atoms with Crippen LogP contribution in [0, 0.1) is 0 Å². The summed E-state index contributed by atoms with van der Waals surface area (Å²) in [5.74, 6) is -6.53. The Labute approximate surface area is 301 Å². The molecule has 0 unspecified atom stereocenters. The molecule has 1 rings (SSSR count). The fraction of sp³-hybridized carbons (Fsp3) is 0.548. The first-order valence-corrected chi connectivity index (χ1v) is 16.9. The van der Waals surface area contributed by atoms with Gasteiger partial charge in [0, 0.05) is 18.7 Å². The second-order valence-corrected chi connectivity index (χ2v) is 12.1. The zero-order chi connectivity index (χ0) is 38.5. The van der Waals surface area contributed by atoms with Crippen molar-refractivity contribution in [1.82, 2.24) is 26.6 Å². The van der Waals surface area contributed by atoms with Gasteiger partial charge in [-0.3, -0.25) is 33.8 Å². The summed E-state index contributed by atoms with van der Waals surface area (Å²) in [6.45, 7) is 1.71. The number of carbonyl (C=O) groups excluding carboxylic acids is 6. The molecule has 1 aromatic carbocycles. The van der Waals surface area contributed by atoms with Crippen molar-refractivity contribution in [1.29, 1.82) is 0 Å². The fourth-order valence-electron chi connectivity index (χ4n) is 4.57. The minimum atomic E-state index is -1.56. The van der Waals surface area contributed by atoms with Gasteiger partial charge in [-0.05, 0) is 51.1 Å². The lowest BCUT2D eigenvalue weighted by Crippen LogP contribution is -2.59. The van der Waals surface area contributed by atoms with E-state index in [1.54, 1.807) is 30.3 Å². The Kier molecular flexibility index (Phi) is 20.3. The molecule has 0 saturated carbocycles. The zero-order valence-corrected chi connectivity index (χ0v) is 29.4. The van der Waals surface area contributed by atoms with E-state index in [1.807, 2.05) is 0 Å². The second kappa shape index (κ2) is 23.5. The minimum absolute atomic E-state index is 0.00170. The van der Waals surface area contributed by atoms with Gasteiger partial charge < -0.3 is 60.4 Å². The number of carboxylic acids is 1. The maximum absolute atomic E-state index is 13.6. The molecule has 0 aliphatic carbocycles. The predicted octanol–water partition coefficient (Wildman–Crippen LogP) is -3.93. The number of primary amides is 1. The SMILES string of the molecule is C[C@H](NC(=O)[C@H](CCCN=C(N)N)NC(=O)[C@H](Cc1ccccc1)NC(=O)[C@@H](N)CS)C(=O)N[C@@H](CC(N)=O)C(=O)N[C@@H](CCCCN)C(=O)O. The Morgan fingerprint density at radius 3 is 1.86 bits per heavy atom. The number of rotatable bonds is 24. The van der Waals surface area contributed by atoms with Crippen LogP contribution in [-0.2, 0) is 40.0 Å². The highest BCUT2D eigenvalue weighted by Gasteiger charge is 2.32.